The van der Waals surface area contributed by atoms with E-state index in [1.165, 1.54) is 0 Å². The van der Waals surface area contributed by atoms with Gasteiger partial charge in [-0.1, -0.05) is 72.8 Å². The molecule has 0 saturated heterocycles. The number of fused-ring (bicyclic) bond motifs is 3. The molecule has 1 amide bonds. The second kappa shape index (κ2) is 10.2. The van der Waals surface area contributed by atoms with Crippen LogP contribution in [0.3, 0.4) is 0 Å². The Morgan fingerprint density at radius 1 is 0.941 bits per heavy atom. The molecular weight excluding hydrogens is 430 g/mol. The average molecular weight is 458 g/mol. The summed E-state index contributed by atoms with van der Waals surface area (Å²) >= 11 is 0. The van der Waals surface area contributed by atoms with Crippen LogP contribution in [0, 0.1) is 5.41 Å². The highest BCUT2D eigenvalue weighted by Gasteiger charge is 2.30. The number of hydrogen-bond donors (Lipinski definition) is 3. The summed E-state index contributed by atoms with van der Waals surface area (Å²) in [6.45, 7) is 2.07. The molecule has 3 aromatic rings. The lowest BCUT2D eigenvalue weighted by Crippen LogP contribution is -2.44. The molecule has 0 fully saturated rings. The van der Waals surface area contributed by atoms with E-state index in [0.29, 0.717) is 5.56 Å². The average Bonchev–Trinajstić information content (AvgIpc) is 3.16. The molecule has 7 heteroatoms. The van der Waals surface area contributed by atoms with Crippen LogP contribution in [0.5, 0.6) is 0 Å². The Morgan fingerprint density at radius 2 is 1.53 bits per heavy atom. The quantitative estimate of drug-likeness (QED) is 0.269. The number of amidine groups is 1. The Morgan fingerprint density at radius 3 is 2.09 bits per heavy atom. The molecule has 0 aromatic heterocycles. The molecular formula is C27H27N3O4. The molecule has 0 saturated carbocycles. The molecule has 0 aliphatic heterocycles. The van der Waals surface area contributed by atoms with Crippen LogP contribution in [0.25, 0.3) is 11.1 Å². The lowest BCUT2D eigenvalue weighted by atomic mass is 9.98. The summed E-state index contributed by atoms with van der Waals surface area (Å²) in [5.74, 6) is -0.643. The fourth-order valence-corrected chi connectivity index (χ4v) is 4.27. The van der Waals surface area contributed by atoms with Crippen molar-refractivity contribution >= 4 is 17.9 Å². The van der Waals surface area contributed by atoms with Crippen molar-refractivity contribution in [1.29, 1.82) is 5.41 Å². The molecule has 0 heterocycles. The van der Waals surface area contributed by atoms with E-state index in [9.17, 15) is 9.59 Å². The Bertz CT molecular complexity index is 1160. The number of amides is 1. The summed E-state index contributed by atoms with van der Waals surface area (Å²) in [5.41, 5.74) is 11.4. The maximum atomic E-state index is 12.7. The minimum atomic E-state index is -0.904. The van der Waals surface area contributed by atoms with E-state index in [4.69, 9.17) is 20.6 Å². The molecule has 7 nitrogen and oxygen atoms in total. The fourth-order valence-electron chi connectivity index (χ4n) is 4.27. The van der Waals surface area contributed by atoms with Gasteiger partial charge < -0.3 is 20.5 Å². The Balaban J connectivity index is 1.44. The number of rotatable bonds is 8. The van der Waals surface area contributed by atoms with Gasteiger partial charge in [0.1, 0.15) is 18.5 Å². The molecule has 34 heavy (non-hydrogen) atoms. The van der Waals surface area contributed by atoms with Crippen molar-refractivity contribution in [1.82, 2.24) is 5.32 Å². The standard InChI is InChI=1S/C27H27N3O4/c1-2-33-26(31)24(15-17-11-13-18(14-12-17)25(28)29)30-27(32)34-16-23-21-9-5-3-7-19(21)20-8-4-6-10-22(20)23/h3-14,23-24H,2,15-16H2,1H3,(H3,28,29)(H,30,32)/t24-/m0/s1. The molecule has 0 unspecified atom stereocenters. The maximum Gasteiger partial charge on any atom is 0.407 e. The van der Waals surface area contributed by atoms with Crippen LogP contribution < -0.4 is 11.1 Å². The zero-order valence-electron chi connectivity index (χ0n) is 18.9. The Kier molecular flexibility index (Phi) is 6.92. The van der Waals surface area contributed by atoms with Gasteiger partial charge in [-0.2, -0.15) is 0 Å². The third-order valence-corrected chi connectivity index (χ3v) is 5.91. The number of nitrogens with one attached hydrogen (secondary N) is 2. The second-order valence-electron chi connectivity index (χ2n) is 8.09. The summed E-state index contributed by atoms with van der Waals surface area (Å²) in [7, 11) is 0. The monoisotopic (exact) mass is 457 g/mol. The number of nitrogens with two attached hydrogens (primary N) is 1. The zero-order chi connectivity index (χ0) is 24.1. The second-order valence-corrected chi connectivity index (χ2v) is 8.09. The molecule has 0 radical (unpaired) electrons. The van der Waals surface area contributed by atoms with Crippen LogP contribution >= 0.6 is 0 Å². The lowest BCUT2D eigenvalue weighted by Gasteiger charge is -2.19. The van der Waals surface area contributed by atoms with Crippen molar-refractivity contribution in [2.24, 2.45) is 5.73 Å². The van der Waals surface area contributed by atoms with E-state index in [-0.39, 0.29) is 31.4 Å². The first-order chi connectivity index (χ1) is 16.5. The molecule has 174 valence electrons. The van der Waals surface area contributed by atoms with E-state index >= 15 is 0 Å². The number of ether oxygens (including phenoxy) is 2. The molecule has 1 aliphatic carbocycles. The van der Waals surface area contributed by atoms with Gasteiger partial charge in [0.2, 0.25) is 0 Å². The normalized spacial score (nSPS) is 12.9. The largest absolute Gasteiger partial charge is 0.464 e. The number of alkyl carbamates (subject to hydrolysis) is 1. The summed E-state index contributed by atoms with van der Waals surface area (Å²) in [4.78, 5) is 25.2. The zero-order valence-corrected chi connectivity index (χ0v) is 18.9. The molecule has 0 bridgehead atoms. The van der Waals surface area contributed by atoms with Gasteiger partial charge in [-0.15, -0.1) is 0 Å². The number of carbonyl (C=O) groups is 2. The van der Waals surface area contributed by atoms with Crippen LogP contribution in [-0.4, -0.2) is 37.2 Å². The maximum absolute atomic E-state index is 12.7. The minimum absolute atomic E-state index is 0.0368. The minimum Gasteiger partial charge on any atom is -0.464 e. The van der Waals surface area contributed by atoms with Crippen molar-refractivity contribution in [2.75, 3.05) is 13.2 Å². The first-order valence-corrected chi connectivity index (χ1v) is 11.2. The van der Waals surface area contributed by atoms with Crippen molar-refractivity contribution < 1.29 is 19.1 Å². The van der Waals surface area contributed by atoms with Gasteiger partial charge in [-0.3, -0.25) is 5.41 Å². The predicted molar refractivity (Wildman–Crippen MR) is 130 cm³/mol. The van der Waals surface area contributed by atoms with E-state index < -0.39 is 18.1 Å². The van der Waals surface area contributed by atoms with Crippen molar-refractivity contribution in [3.8, 4) is 11.1 Å². The summed E-state index contributed by atoms with van der Waals surface area (Å²) in [6.07, 6.45) is -0.457. The van der Waals surface area contributed by atoms with Gasteiger partial charge >= 0.3 is 12.1 Å². The van der Waals surface area contributed by atoms with Gasteiger partial charge in [-0.25, -0.2) is 9.59 Å². The van der Waals surface area contributed by atoms with Crippen molar-refractivity contribution in [3.63, 3.8) is 0 Å². The Labute approximate surface area is 198 Å². The van der Waals surface area contributed by atoms with Gasteiger partial charge in [-0.05, 0) is 34.7 Å². The van der Waals surface area contributed by atoms with Gasteiger partial charge in [0.05, 0.1) is 6.61 Å². The molecule has 4 rings (SSSR count). The van der Waals surface area contributed by atoms with Crippen LogP contribution in [0.1, 0.15) is 35.1 Å². The summed E-state index contributed by atoms with van der Waals surface area (Å²) in [6, 6.07) is 22.2. The van der Waals surface area contributed by atoms with Gasteiger partial charge in [0.25, 0.3) is 0 Å². The van der Waals surface area contributed by atoms with Crippen molar-refractivity contribution in [3.05, 3.63) is 95.1 Å². The van der Waals surface area contributed by atoms with Gasteiger partial charge in [0, 0.05) is 17.9 Å². The number of nitrogen functional groups attached to an aromatic ring is 1. The molecule has 3 aromatic carbocycles. The smallest absolute Gasteiger partial charge is 0.407 e. The third kappa shape index (κ3) is 4.93. The van der Waals surface area contributed by atoms with E-state index in [1.807, 2.05) is 36.4 Å². The van der Waals surface area contributed by atoms with Crippen LogP contribution in [0.2, 0.25) is 0 Å². The first kappa shape index (κ1) is 23.0. The highest BCUT2D eigenvalue weighted by atomic mass is 16.6. The van der Waals surface area contributed by atoms with E-state index in [1.54, 1.807) is 31.2 Å². The van der Waals surface area contributed by atoms with Gasteiger partial charge in [0.15, 0.2) is 0 Å². The van der Waals surface area contributed by atoms with Crippen molar-refractivity contribution in [2.45, 2.75) is 25.3 Å². The number of benzene rings is 3. The summed E-state index contributed by atoms with van der Waals surface area (Å²) in [5, 5.41) is 10.2. The van der Waals surface area contributed by atoms with E-state index in [0.717, 1.165) is 27.8 Å². The molecule has 1 aliphatic rings. The van der Waals surface area contributed by atoms with Crippen LogP contribution in [0.4, 0.5) is 4.79 Å². The highest BCUT2D eigenvalue weighted by molar-refractivity contribution is 5.94. The number of hydrogen-bond acceptors (Lipinski definition) is 5. The van der Waals surface area contributed by atoms with Crippen LogP contribution in [0.15, 0.2) is 72.8 Å². The topological polar surface area (TPSA) is 115 Å². The Hall–Kier alpha value is -4.13. The molecule has 1 atom stereocenters. The highest BCUT2D eigenvalue weighted by Crippen LogP contribution is 2.44. The SMILES string of the molecule is CCOC(=O)[C@H](Cc1ccc(C(=N)N)cc1)NC(=O)OCC1c2ccccc2-c2ccccc21. The number of carbonyl (C=O) groups excluding carboxylic acids is 2. The van der Waals surface area contributed by atoms with E-state index in [2.05, 4.69) is 17.4 Å². The summed E-state index contributed by atoms with van der Waals surface area (Å²) < 4.78 is 10.7. The lowest BCUT2D eigenvalue weighted by molar-refractivity contribution is -0.145. The fraction of sp³-hybridized carbons (Fsp3) is 0.222. The predicted octanol–water partition coefficient (Wildman–Crippen LogP) is 3.98. The molecule has 0 spiro atoms. The van der Waals surface area contributed by atoms with Crippen LogP contribution in [-0.2, 0) is 20.7 Å². The molecule has 4 N–H and O–H groups in total. The number of esters is 1. The first-order valence-electron chi connectivity index (χ1n) is 11.2. The third-order valence-electron chi connectivity index (χ3n) is 5.91.